The minimum Gasteiger partial charge on any atom is -0.391 e. The lowest BCUT2D eigenvalue weighted by Gasteiger charge is -2.25. The molecule has 1 aromatic heterocycles. The van der Waals surface area contributed by atoms with Crippen molar-refractivity contribution in [1.29, 1.82) is 0 Å². The van der Waals surface area contributed by atoms with Gasteiger partial charge in [0.15, 0.2) is 0 Å². The van der Waals surface area contributed by atoms with E-state index < -0.39 is 23.8 Å². The number of nitrogens with zero attached hydrogens (tertiary/aromatic N) is 1. The normalized spacial score (nSPS) is 20.4. The average molecular weight is 342 g/mol. The summed E-state index contributed by atoms with van der Waals surface area (Å²) in [6, 6.07) is 9.61. The van der Waals surface area contributed by atoms with Gasteiger partial charge in [0.1, 0.15) is 11.6 Å². The van der Waals surface area contributed by atoms with E-state index in [1.807, 2.05) is 12.1 Å². The molecule has 0 bridgehead atoms. The van der Waals surface area contributed by atoms with Crippen LogP contribution in [0.15, 0.2) is 48.7 Å². The molecule has 0 spiro atoms. The van der Waals surface area contributed by atoms with Crippen LogP contribution in [0.5, 0.6) is 0 Å². The van der Waals surface area contributed by atoms with Crippen LogP contribution in [0.1, 0.15) is 28.4 Å². The minimum absolute atomic E-state index is 0.0855. The number of aliphatic hydroxyl groups is 1. The van der Waals surface area contributed by atoms with E-state index in [1.54, 1.807) is 18.3 Å². The summed E-state index contributed by atoms with van der Waals surface area (Å²) in [6.07, 6.45) is 1.19. The third-order valence-corrected chi connectivity index (χ3v) is 4.66. The second-order valence-corrected chi connectivity index (χ2v) is 6.31. The number of aromatic nitrogens is 1. The number of nitrogens with one attached hydrogen (secondary N) is 1. The molecule has 6 heteroatoms. The van der Waals surface area contributed by atoms with Crippen molar-refractivity contribution >= 4 is 16.8 Å². The van der Waals surface area contributed by atoms with Gasteiger partial charge in [0.2, 0.25) is 0 Å². The van der Waals surface area contributed by atoms with Crippen LogP contribution in [-0.2, 0) is 0 Å². The average Bonchev–Trinajstić information content (AvgIpc) is 3.22. The van der Waals surface area contributed by atoms with Gasteiger partial charge < -0.3 is 15.0 Å². The summed E-state index contributed by atoms with van der Waals surface area (Å²) in [7, 11) is 0. The first-order chi connectivity index (χ1) is 12.0. The van der Waals surface area contributed by atoms with Gasteiger partial charge in [-0.15, -0.1) is 0 Å². The van der Waals surface area contributed by atoms with Crippen molar-refractivity contribution < 1.29 is 18.7 Å². The van der Waals surface area contributed by atoms with Crippen LogP contribution in [-0.4, -0.2) is 33.5 Å². The van der Waals surface area contributed by atoms with E-state index in [2.05, 4.69) is 4.98 Å². The molecule has 25 heavy (non-hydrogen) atoms. The highest BCUT2D eigenvalue weighted by atomic mass is 19.1. The molecule has 2 N–H and O–H groups in total. The Morgan fingerprint density at radius 1 is 1.16 bits per heavy atom. The van der Waals surface area contributed by atoms with E-state index in [0.29, 0.717) is 5.56 Å². The first kappa shape index (κ1) is 15.8. The molecule has 1 aliphatic heterocycles. The van der Waals surface area contributed by atoms with Gasteiger partial charge in [-0.2, -0.15) is 0 Å². The third-order valence-electron chi connectivity index (χ3n) is 4.66. The first-order valence-electron chi connectivity index (χ1n) is 8.04. The fraction of sp³-hybridized carbons (Fsp3) is 0.211. The fourth-order valence-corrected chi connectivity index (χ4v) is 3.45. The van der Waals surface area contributed by atoms with Crippen molar-refractivity contribution in [3.05, 3.63) is 71.4 Å². The van der Waals surface area contributed by atoms with Gasteiger partial charge >= 0.3 is 0 Å². The van der Waals surface area contributed by atoms with Gasteiger partial charge in [-0.25, -0.2) is 8.78 Å². The van der Waals surface area contributed by atoms with Gasteiger partial charge in [0.05, 0.1) is 12.1 Å². The SMILES string of the molecule is O=C(c1ccc2cc[nH]c2c1)N1C[C@@H](O)C[C@H]1c1cc(F)ccc1F. The summed E-state index contributed by atoms with van der Waals surface area (Å²) in [6.45, 7) is 0.0855. The number of amides is 1. The predicted molar refractivity (Wildman–Crippen MR) is 89.1 cm³/mol. The zero-order chi connectivity index (χ0) is 17.6. The van der Waals surface area contributed by atoms with Crippen molar-refractivity contribution in [3.8, 4) is 0 Å². The van der Waals surface area contributed by atoms with E-state index in [-0.39, 0.29) is 24.4 Å². The maximum Gasteiger partial charge on any atom is 0.254 e. The lowest BCUT2D eigenvalue weighted by Crippen LogP contribution is -2.32. The molecule has 2 atom stereocenters. The highest BCUT2D eigenvalue weighted by Gasteiger charge is 2.37. The molecule has 0 aliphatic carbocycles. The lowest BCUT2D eigenvalue weighted by atomic mass is 10.0. The van der Waals surface area contributed by atoms with Crippen LogP contribution in [0.2, 0.25) is 0 Å². The molecule has 1 aliphatic rings. The molecular weight excluding hydrogens is 326 g/mol. The Bertz CT molecular complexity index is 954. The van der Waals surface area contributed by atoms with Crippen LogP contribution in [0.3, 0.4) is 0 Å². The summed E-state index contributed by atoms with van der Waals surface area (Å²) >= 11 is 0. The van der Waals surface area contributed by atoms with Crippen molar-refractivity contribution in [2.24, 2.45) is 0 Å². The number of likely N-dealkylation sites (tertiary alicyclic amines) is 1. The molecule has 128 valence electrons. The number of aromatic amines is 1. The summed E-state index contributed by atoms with van der Waals surface area (Å²) in [5.74, 6) is -1.47. The Morgan fingerprint density at radius 2 is 2.00 bits per heavy atom. The number of benzene rings is 2. The standard InChI is InChI=1S/C19H16F2N2O2/c20-13-3-4-16(21)15(8-13)18-9-14(24)10-23(18)19(25)12-2-1-11-5-6-22-17(11)7-12/h1-8,14,18,22,24H,9-10H2/t14-,18-/m0/s1. The van der Waals surface area contributed by atoms with Crippen LogP contribution >= 0.6 is 0 Å². The maximum atomic E-state index is 14.2. The molecule has 1 saturated heterocycles. The number of halogens is 2. The third kappa shape index (κ3) is 2.78. The zero-order valence-corrected chi connectivity index (χ0v) is 13.2. The quantitative estimate of drug-likeness (QED) is 0.750. The Hall–Kier alpha value is -2.73. The van der Waals surface area contributed by atoms with Crippen LogP contribution in [0, 0.1) is 11.6 Å². The number of H-pyrrole nitrogens is 1. The van der Waals surface area contributed by atoms with Gasteiger partial charge in [-0.05, 0) is 48.2 Å². The zero-order valence-electron chi connectivity index (χ0n) is 13.2. The molecule has 4 rings (SSSR count). The molecule has 0 radical (unpaired) electrons. The number of aliphatic hydroxyl groups excluding tert-OH is 1. The molecule has 0 unspecified atom stereocenters. The summed E-state index contributed by atoms with van der Waals surface area (Å²) in [4.78, 5) is 17.4. The number of carbonyl (C=O) groups excluding carboxylic acids is 1. The number of carbonyl (C=O) groups is 1. The molecular formula is C19H16F2N2O2. The van der Waals surface area contributed by atoms with Crippen molar-refractivity contribution in [3.63, 3.8) is 0 Å². The van der Waals surface area contributed by atoms with Gasteiger partial charge in [-0.3, -0.25) is 4.79 Å². The summed E-state index contributed by atoms with van der Waals surface area (Å²) < 4.78 is 27.7. The predicted octanol–water partition coefficient (Wildman–Crippen LogP) is 3.39. The second-order valence-electron chi connectivity index (χ2n) is 6.31. The highest BCUT2D eigenvalue weighted by molar-refractivity contribution is 5.98. The molecule has 2 heterocycles. The van der Waals surface area contributed by atoms with E-state index >= 15 is 0 Å². The minimum atomic E-state index is -0.772. The molecule has 2 aromatic carbocycles. The largest absolute Gasteiger partial charge is 0.391 e. The number of β-amino-alcohol motifs (C(OH)–C–C–N with tert-alkyl or cyclic N) is 1. The smallest absolute Gasteiger partial charge is 0.254 e. The van der Waals surface area contributed by atoms with Crippen LogP contribution in [0.4, 0.5) is 8.78 Å². The topological polar surface area (TPSA) is 56.3 Å². The van der Waals surface area contributed by atoms with E-state index in [0.717, 1.165) is 29.1 Å². The second kappa shape index (κ2) is 5.97. The monoisotopic (exact) mass is 342 g/mol. The summed E-state index contributed by atoms with van der Waals surface area (Å²) in [5.41, 5.74) is 1.34. The maximum absolute atomic E-state index is 14.2. The number of fused-ring (bicyclic) bond motifs is 1. The molecule has 1 fully saturated rings. The van der Waals surface area contributed by atoms with E-state index in [4.69, 9.17) is 0 Å². The summed E-state index contributed by atoms with van der Waals surface area (Å²) in [5, 5.41) is 11.0. The molecule has 4 nitrogen and oxygen atoms in total. The molecule has 0 saturated carbocycles. The van der Waals surface area contributed by atoms with Crippen molar-refractivity contribution in [1.82, 2.24) is 9.88 Å². The number of hydrogen-bond donors (Lipinski definition) is 2. The first-order valence-corrected chi connectivity index (χ1v) is 8.04. The van der Waals surface area contributed by atoms with Gasteiger partial charge in [0.25, 0.3) is 5.91 Å². The number of rotatable bonds is 2. The Balaban J connectivity index is 1.71. The van der Waals surface area contributed by atoms with Crippen LogP contribution in [0.25, 0.3) is 10.9 Å². The van der Waals surface area contributed by atoms with Gasteiger partial charge in [-0.1, -0.05) is 6.07 Å². The molecule has 3 aromatic rings. The fourth-order valence-electron chi connectivity index (χ4n) is 3.45. The molecule has 1 amide bonds. The van der Waals surface area contributed by atoms with Crippen molar-refractivity contribution in [2.45, 2.75) is 18.6 Å². The Morgan fingerprint density at radius 3 is 2.84 bits per heavy atom. The van der Waals surface area contributed by atoms with E-state index in [1.165, 1.54) is 4.90 Å². The highest BCUT2D eigenvalue weighted by Crippen LogP contribution is 2.35. The number of hydrogen-bond acceptors (Lipinski definition) is 2. The van der Waals surface area contributed by atoms with Crippen LogP contribution < -0.4 is 0 Å². The Kier molecular flexibility index (Phi) is 3.77. The van der Waals surface area contributed by atoms with Gasteiger partial charge in [0, 0.05) is 29.4 Å². The van der Waals surface area contributed by atoms with Crippen molar-refractivity contribution in [2.75, 3.05) is 6.54 Å². The van der Waals surface area contributed by atoms with E-state index in [9.17, 15) is 18.7 Å². The lowest BCUT2D eigenvalue weighted by molar-refractivity contribution is 0.0714. The Labute approximate surface area is 142 Å².